The fourth-order valence-electron chi connectivity index (χ4n) is 2.81. The van der Waals surface area contributed by atoms with E-state index in [9.17, 15) is 4.79 Å². The Labute approximate surface area is 130 Å². The first kappa shape index (κ1) is 13.4. The van der Waals surface area contributed by atoms with Crippen LogP contribution in [0.3, 0.4) is 0 Å². The fraction of sp³-hybridized carbons (Fsp3) is 0.125. The Bertz CT molecular complexity index is 1030. The van der Waals surface area contributed by atoms with Crippen molar-refractivity contribution in [1.29, 1.82) is 0 Å². The van der Waals surface area contributed by atoms with E-state index in [1.165, 1.54) is 4.68 Å². The molecule has 3 heterocycles. The second kappa shape index (κ2) is 4.91. The molecule has 1 N–H and O–H groups in total. The molecule has 0 spiro atoms. The molecule has 0 unspecified atom stereocenters. The smallest absolute Gasteiger partial charge is 0.325 e. The molecule has 0 radical (unpaired) electrons. The van der Waals surface area contributed by atoms with Gasteiger partial charge in [0.2, 0.25) is 0 Å². The summed E-state index contributed by atoms with van der Waals surface area (Å²) >= 11 is 0. The Balaban J connectivity index is 2.06. The molecule has 0 aliphatic carbocycles. The number of nitrogens with zero attached hydrogens (tertiary/aromatic N) is 5. The zero-order valence-corrected chi connectivity index (χ0v) is 12.3. The Kier molecular flexibility index (Phi) is 2.87. The summed E-state index contributed by atoms with van der Waals surface area (Å²) in [5, 5.41) is 19.4. The van der Waals surface area contributed by atoms with Crippen molar-refractivity contribution in [3.63, 3.8) is 0 Å². The molecule has 0 aliphatic heterocycles. The standard InChI is InChI=1S/C16H13N5O2/c1-10-14-15-11(8-18-20(15)9-13(22)23)7-17-16(14)21(19-10)12-5-3-2-4-6-12/h2-8H,9H2,1H3,(H,22,23). The average Bonchev–Trinajstić information content (AvgIpc) is 3.09. The molecular formula is C16H13N5O2. The van der Waals surface area contributed by atoms with Crippen LogP contribution < -0.4 is 0 Å². The first-order chi connectivity index (χ1) is 11.1. The highest BCUT2D eigenvalue weighted by molar-refractivity contribution is 6.04. The number of carboxylic acid groups (broad SMARTS) is 1. The minimum absolute atomic E-state index is 0.196. The summed E-state index contributed by atoms with van der Waals surface area (Å²) < 4.78 is 3.24. The number of carboxylic acids is 1. The second-order valence-corrected chi connectivity index (χ2v) is 5.29. The maximum absolute atomic E-state index is 11.1. The molecule has 4 rings (SSSR count). The molecule has 114 valence electrons. The summed E-state index contributed by atoms with van der Waals surface area (Å²) in [5.74, 6) is -0.937. The minimum Gasteiger partial charge on any atom is -0.480 e. The molecule has 0 saturated carbocycles. The van der Waals surface area contributed by atoms with E-state index < -0.39 is 5.97 Å². The molecule has 7 nitrogen and oxygen atoms in total. The highest BCUT2D eigenvalue weighted by atomic mass is 16.4. The van der Waals surface area contributed by atoms with Crippen LogP contribution in [-0.4, -0.2) is 35.6 Å². The van der Waals surface area contributed by atoms with Gasteiger partial charge in [0.25, 0.3) is 0 Å². The van der Waals surface area contributed by atoms with Crippen molar-refractivity contribution in [3.05, 3.63) is 48.4 Å². The summed E-state index contributed by atoms with van der Waals surface area (Å²) in [6.45, 7) is 1.69. The van der Waals surface area contributed by atoms with E-state index in [4.69, 9.17) is 5.11 Å². The summed E-state index contributed by atoms with van der Waals surface area (Å²) in [6, 6.07) is 9.71. The molecule has 23 heavy (non-hydrogen) atoms. The van der Waals surface area contributed by atoms with E-state index in [1.807, 2.05) is 37.3 Å². The quantitative estimate of drug-likeness (QED) is 0.627. The third-order valence-electron chi connectivity index (χ3n) is 3.75. The van der Waals surface area contributed by atoms with Crippen LogP contribution in [0.2, 0.25) is 0 Å². The number of fused-ring (bicyclic) bond motifs is 3. The highest BCUT2D eigenvalue weighted by Crippen LogP contribution is 2.27. The van der Waals surface area contributed by atoms with Crippen LogP contribution in [0.25, 0.3) is 27.6 Å². The lowest BCUT2D eigenvalue weighted by atomic mass is 10.2. The van der Waals surface area contributed by atoms with Gasteiger partial charge in [-0.2, -0.15) is 10.2 Å². The molecule has 1 aromatic carbocycles. The third-order valence-corrected chi connectivity index (χ3v) is 3.75. The Morgan fingerprint density at radius 3 is 2.74 bits per heavy atom. The Morgan fingerprint density at radius 2 is 2.00 bits per heavy atom. The van der Waals surface area contributed by atoms with Gasteiger partial charge in [0.05, 0.1) is 28.5 Å². The summed E-state index contributed by atoms with van der Waals surface area (Å²) in [4.78, 5) is 15.6. The second-order valence-electron chi connectivity index (χ2n) is 5.29. The highest BCUT2D eigenvalue weighted by Gasteiger charge is 2.17. The van der Waals surface area contributed by atoms with Crippen molar-refractivity contribution in [2.24, 2.45) is 0 Å². The number of hydrogen-bond acceptors (Lipinski definition) is 4. The van der Waals surface area contributed by atoms with Gasteiger partial charge in [0.15, 0.2) is 5.65 Å². The molecule has 0 bridgehead atoms. The normalized spacial score (nSPS) is 11.3. The molecule has 0 saturated heterocycles. The van der Waals surface area contributed by atoms with Crippen LogP contribution in [0.5, 0.6) is 0 Å². The molecule has 0 aliphatic rings. The fourth-order valence-corrected chi connectivity index (χ4v) is 2.81. The van der Waals surface area contributed by atoms with Crippen LogP contribution >= 0.6 is 0 Å². The number of benzene rings is 1. The number of pyridine rings is 1. The van der Waals surface area contributed by atoms with E-state index in [0.717, 1.165) is 27.7 Å². The SMILES string of the molecule is Cc1nn(-c2ccccc2)c2ncc3cnn(CC(=O)O)c3c12. The lowest BCUT2D eigenvalue weighted by Gasteiger charge is -2.03. The van der Waals surface area contributed by atoms with Crippen LogP contribution in [0, 0.1) is 6.92 Å². The monoisotopic (exact) mass is 307 g/mol. The first-order valence-corrected chi connectivity index (χ1v) is 7.12. The number of aliphatic carboxylic acids is 1. The van der Waals surface area contributed by atoms with Gasteiger partial charge in [0, 0.05) is 11.6 Å². The zero-order valence-electron chi connectivity index (χ0n) is 12.3. The van der Waals surface area contributed by atoms with Crippen LogP contribution in [0.15, 0.2) is 42.7 Å². The van der Waals surface area contributed by atoms with Crippen molar-refractivity contribution in [1.82, 2.24) is 24.5 Å². The van der Waals surface area contributed by atoms with E-state index >= 15 is 0 Å². The maximum Gasteiger partial charge on any atom is 0.325 e. The molecule has 7 heteroatoms. The van der Waals surface area contributed by atoms with Crippen LogP contribution in [-0.2, 0) is 11.3 Å². The lowest BCUT2D eigenvalue weighted by Crippen LogP contribution is -2.10. The number of aromatic nitrogens is 5. The molecule has 4 aromatic rings. The Morgan fingerprint density at radius 1 is 1.22 bits per heavy atom. The van der Waals surface area contributed by atoms with Gasteiger partial charge in [0.1, 0.15) is 6.54 Å². The van der Waals surface area contributed by atoms with Gasteiger partial charge in [-0.1, -0.05) is 18.2 Å². The van der Waals surface area contributed by atoms with E-state index in [1.54, 1.807) is 17.1 Å². The summed E-state index contributed by atoms with van der Waals surface area (Å²) in [7, 11) is 0. The van der Waals surface area contributed by atoms with Gasteiger partial charge in [-0.15, -0.1) is 0 Å². The average molecular weight is 307 g/mol. The number of rotatable bonds is 3. The van der Waals surface area contributed by atoms with Gasteiger partial charge >= 0.3 is 5.97 Å². The van der Waals surface area contributed by atoms with Gasteiger partial charge in [-0.25, -0.2) is 9.67 Å². The van der Waals surface area contributed by atoms with Crippen LogP contribution in [0.1, 0.15) is 5.69 Å². The summed E-state index contributed by atoms with van der Waals surface area (Å²) in [5.41, 5.74) is 3.13. The van der Waals surface area contributed by atoms with E-state index in [-0.39, 0.29) is 6.54 Å². The first-order valence-electron chi connectivity index (χ1n) is 7.12. The summed E-state index contributed by atoms with van der Waals surface area (Å²) in [6.07, 6.45) is 3.33. The molecule has 0 fully saturated rings. The van der Waals surface area contributed by atoms with Crippen molar-refractivity contribution < 1.29 is 9.90 Å². The minimum atomic E-state index is -0.937. The van der Waals surface area contributed by atoms with E-state index in [0.29, 0.717) is 5.65 Å². The maximum atomic E-state index is 11.1. The Hall–Kier alpha value is -3.22. The lowest BCUT2D eigenvalue weighted by molar-refractivity contribution is -0.137. The number of carbonyl (C=O) groups is 1. The largest absolute Gasteiger partial charge is 0.480 e. The molecule has 0 amide bonds. The number of hydrogen-bond donors (Lipinski definition) is 1. The molecule has 0 atom stereocenters. The molecule has 3 aromatic heterocycles. The zero-order chi connectivity index (χ0) is 16.0. The van der Waals surface area contributed by atoms with Crippen molar-refractivity contribution >= 4 is 27.9 Å². The van der Waals surface area contributed by atoms with Gasteiger partial charge < -0.3 is 5.11 Å². The topological polar surface area (TPSA) is 85.8 Å². The predicted octanol–water partition coefficient (Wildman–Crippen LogP) is 2.16. The third kappa shape index (κ3) is 2.05. The van der Waals surface area contributed by atoms with Crippen molar-refractivity contribution in [3.8, 4) is 5.69 Å². The van der Waals surface area contributed by atoms with Gasteiger partial charge in [-0.3, -0.25) is 9.48 Å². The van der Waals surface area contributed by atoms with Crippen molar-refractivity contribution in [2.75, 3.05) is 0 Å². The predicted molar refractivity (Wildman–Crippen MR) is 84.5 cm³/mol. The van der Waals surface area contributed by atoms with Gasteiger partial charge in [-0.05, 0) is 19.1 Å². The molecular weight excluding hydrogens is 294 g/mol. The number of aryl methyl sites for hydroxylation is 1. The van der Waals surface area contributed by atoms with Crippen LogP contribution in [0.4, 0.5) is 0 Å². The van der Waals surface area contributed by atoms with Crippen molar-refractivity contribution in [2.45, 2.75) is 13.5 Å². The number of para-hydroxylation sites is 1. The van der Waals surface area contributed by atoms with E-state index in [2.05, 4.69) is 15.2 Å².